The van der Waals surface area contributed by atoms with E-state index in [4.69, 9.17) is 5.73 Å². The lowest BCUT2D eigenvalue weighted by Gasteiger charge is -2.08. The molecule has 0 aliphatic heterocycles. The van der Waals surface area contributed by atoms with Gasteiger partial charge in [0.25, 0.3) is 0 Å². The normalized spacial score (nSPS) is 11.2. The average Bonchev–Trinajstić information content (AvgIpc) is 2.15. The van der Waals surface area contributed by atoms with Crippen LogP contribution in [-0.4, -0.2) is 16.3 Å². The first kappa shape index (κ1) is 12.2. The molecular weight excluding hydrogens is 231 g/mol. The van der Waals surface area contributed by atoms with Crippen LogP contribution in [0.5, 0.6) is 5.88 Å². The third-order valence-electron chi connectivity index (χ3n) is 1.53. The molecule has 0 unspecified atom stereocenters. The number of rotatable bonds is 3. The molecule has 0 aromatic carbocycles. The van der Waals surface area contributed by atoms with E-state index < -0.39 is 22.9 Å². The highest BCUT2D eigenvalue weighted by Crippen LogP contribution is 2.30. The number of ether oxygens (including phenoxy) is 1. The maximum Gasteiger partial charge on any atom is 0.574 e. The number of aromatic nitrogens is 1. The van der Waals surface area contributed by atoms with Crippen LogP contribution >= 0.6 is 0 Å². The smallest absolute Gasteiger partial charge is 0.381 e. The number of alkyl halides is 3. The maximum absolute atomic E-state index is 11.9. The van der Waals surface area contributed by atoms with Crippen LogP contribution in [0, 0.1) is 10.1 Å². The van der Waals surface area contributed by atoms with Gasteiger partial charge in [0, 0.05) is 18.8 Å². The number of hydrogen-bond donors (Lipinski definition) is 1. The van der Waals surface area contributed by atoms with Crippen LogP contribution in [0.25, 0.3) is 0 Å². The van der Waals surface area contributed by atoms with Gasteiger partial charge in [0.1, 0.15) is 0 Å². The Morgan fingerprint density at radius 2 is 2.19 bits per heavy atom. The lowest BCUT2D eigenvalue weighted by molar-refractivity contribution is -0.389. The minimum Gasteiger partial charge on any atom is -0.381 e. The summed E-state index contributed by atoms with van der Waals surface area (Å²) in [5.41, 5.74) is 4.53. The maximum atomic E-state index is 11.9. The van der Waals surface area contributed by atoms with Gasteiger partial charge in [0.15, 0.2) is 0 Å². The topological polar surface area (TPSA) is 91.3 Å². The second-order valence-corrected chi connectivity index (χ2v) is 2.68. The van der Waals surface area contributed by atoms with Crippen molar-refractivity contribution in [3.8, 4) is 5.88 Å². The van der Waals surface area contributed by atoms with Crippen LogP contribution in [0.3, 0.4) is 0 Å². The van der Waals surface area contributed by atoms with Crippen molar-refractivity contribution in [2.45, 2.75) is 12.9 Å². The molecule has 1 aromatic heterocycles. The second-order valence-electron chi connectivity index (χ2n) is 2.68. The summed E-state index contributed by atoms with van der Waals surface area (Å²) in [6.07, 6.45) is -4.05. The molecule has 1 rings (SSSR count). The Labute approximate surface area is 87.0 Å². The van der Waals surface area contributed by atoms with Crippen LogP contribution in [0.1, 0.15) is 5.56 Å². The molecule has 0 saturated heterocycles. The molecule has 0 bridgehead atoms. The quantitative estimate of drug-likeness (QED) is 0.632. The fraction of sp³-hybridized carbons (Fsp3) is 0.286. The minimum absolute atomic E-state index is 0.0693. The standard InChI is InChI=1S/C7H6F3N3O3/c8-7(9,10)16-6-5(13(14)15)1-4(2-11)3-12-6/h1,3H,2,11H2. The van der Waals surface area contributed by atoms with E-state index in [0.717, 1.165) is 12.3 Å². The van der Waals surface area contributed by atoms with Gasteiger partial charge in [-0.1, -0.05) is 0 Å². The lowest BCUT2D eigenvalue weighted by Crippen LogP contribution is -2.19. The van der Waals surface area contributed by atoms with Crippen molar-refractivity contribution < 1.29 is 22.8 Å². The Balaban J connectivity index is 3.13. The molecule has 0 amide bonds. The molecular formula is C7H6F3N3O3. The molecule has 0 spiro atoms. The molecule has 2 N–H and O–H groups in total. The van der Waals surface area contributed by atoms with Crippen molar-refractivity contribution >= 4 is 5.69 Å². The van der Waals surface area contributed by atoms with E-state index in [2.05, 4.69) is 9.72 Å². The second kappa shape index (κ2) is 4.31. The lowest BCUT2D eigenvalue weighted by atomic mass is 10.2. The summed E-state index contributed by atoms with van der Waals surface area (Å²) in [5.74, 6) is -1.10. The fourth-order valence-electron chi connectivity index (χ4n) is 0.913. The molecule has 16 heavy (non-hydrogen) atoms. The first-order valence-electron chi connectivity index (χ1n) is 3.92. The third kappa shape index (κ3) is 3.05. The SMILES string of the molecule is NCc1cnc(OC(F)(F)F)c([N+](=O)[O-])c1. The predicted molar refractivity (Wildman–Crippen MR) is 45.5 cm³/mol. The number of halogens is 3. The van der Waals surface area contributed by atoms with Crippen molar-refractivity contribution in [1.29, 1.82) is 0 Å². The van der Waals surface area contributed by atoms with E-state index in [-0.39, 0.29) is 12.1 Å². The zero-order valence-electron chi connectivity index (χ0n) is 7.69. The van der Waals surface area contributed by atoms with Crippen molar-refractivity contribution in [1.82, 2.24) is 4.98 Å². The molecule has 9 heteroatoms. The molecule has 0 atom stereocenters. The zero-order valence-corrected chi connectivity index (χ0v) is 7.69. The predicted octanol–water partition coefficient (Wildman–Crippen LogP) is 1.35. The van der Waals surface area contributed by atoms with Gasteiger partial charge in [0.05, 0.1) is 4.92 Å². The summed E-state index contributed by atoms with van der Waals surface area (Å²) in [5, 5.41) is 10.5. The van der Waals surface area contributed by atoms with E-state index in [1.54, 1.807) is 0 Å². The Bertz CT molecular complexity index is 408. The van der Waals surface area contributed by atoms with E-state index in [0.29, 0.717) is 0 Å². The van der Waals surface area contributed by atoms with Crippen molar-refractivity contribution in [2.24, 2.45) is 5.73 Å². The monoisotopic (exact) mass is 237 g/mol. The van der Waals surface area contributed by atoms with Gasteiger partial charge in [-0.05, 0) is 5.56 Å². The average molecular weight is 237 g/mol. The van der Waals surface area contributed by atoms with Crippen LogP contribution in [0.15, 0.2) is 12.3 Å². The van der Waals surface area contributed by atoms with Crippen LogP contribution in [0.2, 0.25) is 0 Å². The first-order valence-corrected chi connectivity index (χ1v) is 3.92. The molecule has 0 saturated carbocycles. The molecule has 0 fully saturated rings. The first-order chi connectivity index (χ1) is 7.33. The van der Waals surface area contributed by atoms with Gasteiger partial charge in [0.2, 0.25) is 0 Å². The van der Waals surface area contributed by atoms with Crippen LogP contribution in [0.4, 0.5) is 18.9 Å². The fourth-order valence-corrected chi connectivity index (χ4v) is 0.913. The highest BCUT2D eigenvalue weighted by Gasteiger charge is 2.35. The van der Waals surface area contributed by atoms with Crippen LogP contribution in [-0.2, 0) is 6.54 Å². The van der Waals surface area contributed by atoms with Crippen LogP contribution < -0.4 is 10.5 Å². The molecule has 1 aromatic rings. The number of nitro groups is 1. The summed E-state index contributed by atoms with van der Waals surface area (Å²) < 4.78 is 39.0. The summed E-state index contributed by atoms with van der Waals surface area (Å²) in [7, 11) is 0. The molecule has 0 radical (unpaired) electrons. The van der Waals surface area contributed by atoms with Gasteiger partial charge in [-0.3, -0.25) is 10.1 Å². The summed E-state index contributed by atoms with van der Waals surface area (Å²) in [6.45, 7) is -0.0693. The molecule has 0 aliphatic carbocycles. The van der Waals surface area contributed by atoms with Crippen molar-refractivity contribution in [3.05, 3.63) is 27.9 Å². The van der Waals surface area contributed by atoms with Gasteiger partial charge < -0.3 is 10.5 Å². The Morgan fingerprint density at radius 1 is 1.56 bits per heavy atom. The van der Waals surface area contributed by atoms with E-state index >= 15 is 0 Å². The minimum atomic E-state index is -5.03. The Morgan fingerprint density at radius 3 is 2.62 bits per heavy atom. The van der Waals surface area contributed by atoms with E-state index in [9.17, 15) is 23.3 Å². The highest BCUT2D eigenvalue weighted by molar-refractivity contribution is 5.43. The van der Waals surface area contributed by atoms with E-state index in [1.807, 2.05) is 0 Å². The summed E-state index contributed by atoms with van der Waals surface area (Å²) >= 11 is 0. The van der Waals surface area contributed by atoms with Gasteiger partial charge in [-0.25, -0.2) is 4.98 Å². The summed E-state index contributed by atoms with van der Waals surface area (Å²) in [6, 6.07) is 0.883. The van der Waals surface area contributed by atoms with Gasteiger partial charge in [-0.2, -0.15) is 0 Å². The van der Waals surface area contributed by atoms with E-state index in [1.165, 1.54) is 0 Å². The van der Waals surface area contributed by atoms with Gasteiger partial charge in [-0.15, -0.1) is 13.2 Å². The van der Waals surface area contributed by atoms with Gasteiger partial charge >= 0.3 is 17.9 Å². The number of pyridine rings is 1. The van der Waals surface area contributed by atoms with Crippen molar-refractivity contribution in [3.63, 3.8) is 0 Å². The third-order valence-corrected chi connectivity index (χ3v) is 1.53. The molecule has 88 valence electrons. The molecule has 1 heterocycles. The molecule has 0 aliphatic rings. The largest absolute Gasteiger partial charge is 0.574 e. The van der Waals surface area contributed by atoms with Crippen molar-refractivity contribution in [2.75, 3.05) is 0 Å². The number of nitrogens with two attached hydrogens (primary N) is 1. The highest BCUT2D eigenvalue weighted by atomic mass is 19.4. The molecule has 6 nitrogen and oxygen atoms in total. The Kier molecular flexibility index (Phi) is 3.28. The number of hydrogen-bond acceptors (Lipinski definition) is 5. The Hall–Kier alpha value is -1.90. The number of nitrogens with zero attached hydrogens (tertiary/aromatic N) is 2. The summed E-state index contributed by atoms with van der Waals surface area (Å²) in [4.78, 5) is 12.6. The zero-order chi connectivity index (χ0) is 12.3.